The van der Waals surface area contributed by atoms with Crippen LogP contribution in [0.5, 0.6) is 5.75 Å². The number of hydrogen-bond donors (Lipinski definition) is 5. The molecule has 6 unspecified atom stereocenters. The van der Waals surface area contributed by atoms with E-state index in [0.29, 0.717) is 64.3 Å². The van der Waals surface area contributed by atoms with Crippen LogP contribution in [0.3, 0.4) is 0 Å². The Hall–Kier alpha value is -6.70. The zero-order valence-corrected chi connectivity index (χ0v) is 44.4. The minimum atomic E-state index is -0.958. The monoisotopic (exact) mass is 1020 g/mol. The van der Waals surface area contributed by atoms with Crippen LogP contribution in [-0.2, 0) is 38.4 Å². The molecule has 1 saturated carbocycles. The van der Waals surface area contributed by atoms with Gasteiger partial charge in [-0.3, -0.25) is 29.9 Å². The van der Waals surface area contributed by atoms with E-state index in [9.17, 15) is 20.0 Å². The number of phenolic OH excluding ortho intramolecular Hbond substituents is 1. The number of piperidine rings is 1. The number of carbonyl (C=O) groups is 3. The second-order valence-corrected chi connectivity index (χ2v) is 21.6. The highest BCUT2D eigenvalue weighted by Crippen LogP contribution is 2.43. The molecule has 3 aliphatic heterocycles. The Morgan fingerprint density at radius 3 is 2.55 bits per heavy atom. The standard InChI is InChI=1S/C57H74N12O6/c1-7-67-49-17-16-39(29-45(49)46(30-57(3,4)35-74-5)53(67)44-15-12-21-61-51(44)36(2)75-6)41-25-37(26-43(70)28-41)27-48(55(72)69-23-11-10-22-63-69)64-54(71)52(38-13-8-9-14-38)66-24-19-40-33-68(50(18-20-58)47(40)34-66)56(73)65-62-32-42(60)31-59/h12,15-17,21,25-26,28-29,32,36,38,40,47-48,50,52,60,63,70H,7-11,13-14,18-19,22-24,27,30,33-35H2,1-6H3,(H,64,71)(H,65,73)/b60-42?,62-32-. The van der Waals surface area contributed by atoms with Crippen molar-refractivity contribution in [3.05, 3.63) is 71.5 Å². The van der Waals surface area contributed by atoms with Gasteiger partial charge in [0.2, 0.25) is 5.91 Å². The van der Waals surface area contributed by atoms with E-state index in [1.807, 2.05) is 19.1 Å². The molecule has 4 fully saturated rings. The molecule has 3 saturated heterocycles. The zero-order chi connectivity index (χ0) is 53.4. The van der Waals surface area contributed by atoms with Crippen molar-refractivity contribution in [2.75, 3.05) is 53.6 Å². The molecule has 2 aromatic heterocycles. The molecular weight excluding hydrogens is 949 g/mol. The van der Waals surface area contributed by atoms with Gasteiger partial charge in [0, 0.05) is 76.0 Å². The Kier molecular flexibility index (Phi) is 17.7. The number of aryl methyl sites for hydroxylation is 1. The van der Waals surface area contributed by atoms with E-state index in [2.05, 4.69) is 81.8 Å². The fraction of sp³-hybridized carbons (Fsp3) is 0.544. The molecule has 5 heterocycles. The zero-order valence-electron chi connectivity index (χ0n) is 44.4. The number of benzene rings is 2. The predicted molar refractivity (Wildman–Crippen MR) is 287 cm³/mol. The lowest BCUT2D eigenvalue weighted by Crippen LogP contribution is -2.61. The summed E-state index contributed by atoms with van der Waals surface area (Å²) >= 11 is 0. The smallest absolute Gasteiger partial charge is 0.338 e. The van der Waals surface area contributed by atoms with Gasteiger partial charge in [-0.05, 0) is 141 Å². The molecule has 4 amide bonds. The summed E-state index contributed by atoms with van der Waals surface area (Å²) in [6, 6.07) is 17.4. The molecule has 18 nitrogen and oxygen atoms in total. The summed E-state index contributed by atoms with van der Waals surface area (Å²) in [7, 11) is 3.43. The Morgan fingerprint density at radius 1 is 1.04 bits per heavy atom. The minimum Gasteiger partial charge on any atom is -0.508 e. The number of nitriles is 2. The quantitative estimate of drug-likeness (QED) is 0.0455. The van der Waals surface area contributed by atoms with Crippen LogP contribution in [0.15, 0.2) is 59.8 Å². The largest absolute Gasteiger partial charge is 0.508 e. The van der Waals surface area contributed by atoms with Gasteiger partial charge in [0.25, 0.3) is 5.91 Å². The van der Waals surface area contributed by atoms with Crippen molar-refractivity contribution in [2.24, 2.45) is 28.3 Å². The number of urea groups is 1. The van der Waals surface area contributed by atoms with Crippen molar-refractivity contribution in [1.29, 1.82) is 15.9 Å². The van der Waals surface area contributed by atoms with Crippen molar-refractivity contribution >= 4 is 40.7 Å². The lowest BCUT2D eigenvalue weighted by molar-refractivity contribution is -0.142. The van der Waals surface area contributed by atoms with Crippen LogP contribution in [-0.4, -0.2) is 131 Å². The molecule has 0 spiro atoms. The number of phenols is 1. The van der Waals surface area contributed by atoms with Crippen LogP contribution in [0, 0.1) is 51.2 Å². The molecular formula is C57H74N12O6. The van der Waals surface area contributed by atoms with Gasteiger partial charge in [-0.15, -0.1) is 0 Å². The van der Waals surface area contributed by atoms with Crippen LogP contribution in [0.25, 0.3) is 33.3 Å². The molecule has 4 aliphatic rings. The van der Waals surface area contributed by atoms with Gasteiger partial charge in [-0.1, -0.05) is 38.8 Å². The molecule has 8 rings (SSSR count). The fourth-order valence-electron chi connectivity index (χ4n) is 12.5. The van der Waals surface area contributed by atoms with Crippen molar-refractivity contribution in [3.8, 4) is 40.3 Å². The Bertz CT molecular complexity index is 2840. The molecule has 18 heteroatoms. The van der Waals surface area contributed by atoms with Crippen LogP contribution in [0.2, 0.25) is 0 Å². The number of nitrogens with zero attached hydrogens (tertiary/aromatic N) is 8. The topological polar surface area (TPSA) is 237 Å². The van der Waals surface area contributed by atoms with Crippen LogP contribution >= 0.6 is 0 Å². The van der Waals surface area contributed by atoms with Gasteiger partial charge in [-0.25, -0.2) is 15.6 Å². The van der Waals surface area contributed by atoms with Crippen molar-refractivity contribution in [1.82, 2.24) is 40.5 Å². The Balaban J connectivity index is 1.11. The number of pyridine rings is 1. The molecule has 1 aliphatic carbocycles. The molecule has 75 heavy (non-hydrogen) atoms. The summed E-state index contributed by atoms with van der Waals surface area (Å²) in [5.41, 5.74) is 12.6. The van der Waals surface area contributed by atoms with E-state index in [1.165, 1.54) is 0 Å². The third-order valence-electron chi connectivity index (χ3n) is 16.0. The first-order chi connectivity index (χ1) is 36.2. The number of hydrazone groups is 1. The maximum Gasteiger partial charge on any atom is 0.338 e. The average Bonchev–Trinajstić information content (AvgIpc) is 4.16. The molecule has 4 aromatic rings. The first-order valence-corrected chi connectivity index (χ1v) is 26.7. The number of hydrazine groups is 1. The van der Waals surface area contributed by atoms with Gasteiger partial charge >= 0.3 is 6.03 Å². The lowest BCUT2D eigenvalue weighted by atomic mass is 9.81. The molecule has 398 valence electrons. The number of amides is 4. The minimum absolute atomic E-state index is 0.0457. The first-order valence-electron chi connectivity index (χ1n) is 26.7. The number of fused-ring (bicyclic) bond motifs is 2. The number of likely N-dealkylation sites (tertiary alicyclic amines) is 2. The molecule has 6 atom stereocenters. The summed E-state index contributed by atoms with van der Waals surface area (Å²) < 4.78 is 13.9. The number of aromatic hydroxyl groups is 1. The van der Waals surface area contributed by atoms with Crippen LogP contribution < -0.4 is 16.2 Å². The molecule has 0 radical (unpaired) electrons. The third kappa shape index (κ3) is 12.2. The first kappa shape index (κ1) is 54.6. The molecule has 5 N–H and O–H groups in total. The third-order valence-corrected chi connectivity index (χ3v) is 16.0. The summed E-state index contributed by atoms with van der Waals surface area (Å²) in [6.07, 6.45) is 9.66. The van der Waals surface area contributed by atoms with Gasteiger partial charge in [0.1, 0.15) is 17.9 Å². The number of hydrogen-bond acceptors (Lipinski definition) is 13. The molecule has 2 aromatic carbocycles. The fourth-order valence-corrected chi connectivity index (χ4v) is 12.5. The lowest BCUT2D eigenvalue weighted by Gasteiger charge is -2.42. The maximum absolute atomic E-state index is 15.2. The van der Waals surface area contributed by atoms with Gasteiger partial charge in [0.05, 0.1) is 54.9 Å². The van der Waals surface area contributed by atoms with Gasteiger partial charge in [-0.2, -0.15) is 15.6 Å². The summed E-state index contributed by atoms with van der Waals surface area (Å²) in [6.45, 7) is 12.5. The Morgan fingerprint density at radius 2 is 1.84 bits per heavy atom. The van der Waals surface area contributed by atoms with E-state index in [0.717, 1.165) is 89.3 Å². The van der Waals surface area contributed by atoms with E-state index >= 15 is 4.79 Å². The average molecular weight is 1020 g/mol. The number of nitrogens with one attached hydrogen (secondary N) is 4. The van der Waals surface area contributed by atoms with Crippen LogP contribution in [0.4, 0.5) is 4.79 Å². The summed E-state index contributed by atoms with van der Waals surface area (Å²) in [4.78, 5) is 52.0. The second-order valence-electron chi connectivity index (χ2n) is 21.6. The summed E-state index contributed by atoms with van der Waals surface area (Å²) in [5.74, 6) is -0.364. The number of carbonyl (C=O) groups excluding carboxylic acids is 3. The number of aromatic nitrogens is 2. The summed E-state index contributed by atoms with van der Waals surface area (Å²) in [5, 5.41) is 47.7. The molecule has 0 bridgehead atoms. The van der Waals surface area contributed by atoms with Gasteiger partial charge < -0.3 is 29.4 Å². The Labute approximate surface area is 440 Å². The second kappa shape index (κ2) is 24.3. The predicted octanol–water partition coefficient (Wildman–Crippen LogP) is 7.51. The van der Waals surface area contributed by atoms with Crippen molar-refractivity contribution in [2.45, 2.75) is 123 Å². The van der Waals surface area contributed by atoms with Crippen molar-refractivity contribution in [3.63, 3.8) is 0 Å². The van der Waals surface area contributed by atoms with Crippen LogP contribution in [0.1, 0.15) is 102 Å². The van der Waals surface area contributed by atoms with Gasteiger partial charge in [0.15, 0.2) is 5.71 Å². The van der Waals surface area contributed by atoms with E-state index in [4.69, 9.17) is 25.1 Å². The SMILES string of the molecule is CCn1c(-c2cccnc2C(C)OC)c(CC(C)(C)COC)c2cc(-c3cc(O)cc(CC(NC(=O)C(C4CCCC4)N4CCC5CN(C(=O)N/N=C\C(=N)C#N)C(CC#N)C5C4)C(=O)N4CCCCN4)c3)ccc21. The van der Waals surface area contributed by atoms with E-state index in [-0.39, 0.29) is 59.7 Å². The number of rotatable bonds is 19. The highest BCUT2D eigenvalue weighted by atomic mass is 16.5. The highest BCUT2D eigenvalue weighted by molar-refractivity contribution is 6.36. The maximum atomic E-state index is 15.2. The van der Waals surface area contributed by atoms with E-state index in [1.54, 1.807) is 48.5 Å². The van der Waals surface area contributed by atoms with E-state index < -0.39 is 29.9 Å². The van der Waals surface area contributed by atoms with Crippen molar-refractivity contribution < 1.29 is 29.0 Å². The number of ether oxygens (including phenoxy) is 2. The number of methoxy groups -OCH3 is 2. The highest BCUT2D eigenvalue weighted by Gasteiger charge is 2.49. The normalized spacial score (nSPS) is 20.6.